The zero-order valence-electron chi connectivity index (χ0n) is 22.7. The molecule has 0 heterocycles. The quantitative estimate of drug-likeness (QED) is 0.340. The van der Waals surface area contributed by atoms with Gasteiger partial charge in [-0.05, 0) is 67.4 Å². The third kappa shape index (κ3) is 8.22. The van der Waals surface area contributed by atoms with Crippen molar-refractivity contribution in [2.24, 2.45) is 0 Å². The predicted octanol–water partition coefficient (Wildman–Crippen LogP) is 4.20. The summed E-state index contributed by atoms with van der Waals surface area (Å²) in [7, 11) is -2.27. The lowest BCUT2D eigenvalue weighted by molar-refractivity contribution is -0.140. The molecule has 0 bridgehead atoms. The van der Waals surface area contributed by atoms with Crippen molar-refractivity contribution in [1.82, 2.24) is 10.2 Å². The molecular weight excluding hydrogens is 518 g/mol. The average molecular weight is 554 g/mol. The second-order valence-corrected chi connectivity index (χ2v) is 10.8. The van der Waals surface area contributed by atoms with Gasteiger partial charge in [-0.1, -0.05) is 37.3 Å². The number of hydrogen-bond donors (Lipinski definition) is 1. The summed E-state index contributed by atoms with van der Waals surface area (Å²) >= 11 is 0. The van der Waals surface area contributed by atoms with E-state index in [1.165, 1.54) is 4.90 Å². The molecule has 2 amide bonds. The van der Waals surface area contributed by atoms with Crippen LogP contribution in [0.25, 0.3) is 0 Å². The van der Waals surface area contributed by atoms with Crippen LogP contribution in [0.15, 0.2) is 78.9 Å². The maximum atomic E-state index is 13.7. The van der Waals surface area contributed by atoms with Crippen LogP contribution in [-0.2, 0) is 26.2 Å². The summed E-state index contributed by atoms with van der Waals surface area (Å²) in [5.74, 6) is 1.03. The zero-order chi connectivity index (χ0) is 28.4. The van der Waals surface area contributed by atoms with Crippen molar-refractivity contribution < 1.29 is 27.5 Å². The van der Waals surface area contributed by atoms with Gasteiger partial charge < -0.3 is 19.7 Å². The summed E-state index contributed by atoms with van der Waals surface area (Å²) in [6, 6.07) is 22.0. The molecule has 9 nitrogen and oxygen atoms in total. The largest absolute Gasteiger partial charge is 0.497 e. The molecule has 0 aromatic heterocycles. The van der Waals surface area contributed by atoms with E-state index < -0.39 is 28.5 Å². The number of anilines is 1. The van der Waals surface area contributed by atoms with Crippen LogP contribution in [0.2, 0.25) is 0 Å². The SMILES string of the molecule is CCNC(=O)C(CC)N(Cc1ccc(OC)cc1)C(=O)CN(c1ccc(Oc2ccccc2)cc1)S(C)(=O)=O. The Morgan fingerprint density at radius 2 is 1.46 bits per heavy atom. The topological polar surface area (TPSA) is 105 Å². The predicted molar refractivity (Wildman–Crippen MR) is 151 cm³/mol. The second kappa shape index (κ2) is 13.7. The fourth-order valence-corrected chi connectivity index (χ4v) is 4.91. The number of sulfonamides is 1. The highest BCUT2D eigenvalue weighted by Gasteiger charge is 2.31. The van der Waals surface area contributed by atoms with Gasteiger partial charge in [-0.25, -0.2) is 8.42 Å². The van der Waals surface area contributed by atoms with Crippen LogP contribution in [-0.4, -0.2) is 57.6 Å². The Balaban J connectivity index is 1.88. The number of carbonyl (C=O) groups excluding carboxylic acids is 2. The first-order valence-corrected chi connectivity index (χ1v) is 14.5. The van der Waals surface area contributed by atoms with Gasteiger partial charge in [0.05, 0.1) is 19.1 Å². The number of nitrogens with zero attached hydrogens (tertiary/aromatic N) is 2. The summed E-state index contributed by atoms with van der Waals surface area (Å²) < 4.78 is 37.7. The molecule has 3 rings (SSSR count). The van der Waals surface area contributed by atoms with Crippen LogP contribution < -0.4 is 19.1 Å². The zero-order valence-corrected chi connectivity index (χ0v) is 23.5. The molecule has 1 unspecified atom stereocenters. The molecule has 208 valence electrons. The second-order valence-electron chi connectivity index (χ2n) is 8.87. The van der Waals surface area contributed by atoms with Crippen LogP contribution in [0.1, 0.15) is 25.8 Å². The Kier molecular flexibility index (Phi) is 10.3. The molecule has 3 aromatic carbocycles. The van der Waals surface area contributed by atoms with Gasteiger partial charge in [-0.15, -0.1) is 0 Å². The number of para-hydroxylation sites is 1. The molecule has 0 aliphatic carbocycles. The van der Waals surface area contributed by atoms with Gasteiger partial charge in [0.2, 0.25) is 21.8 Å². The maximum absolute atomic E-state index is 13.7. The minimum atomic E-state index is -3.84. The molecule has 1 atom stereocenters. The molecule has 0 saturated heterocycles. The van der Waals surface area contributed by atoms with Crippen molar-refractivity contribution in [1.29, 1.82) is 0 Å². The van der Waals surface area contributed by atoms with Crippen LogP contribution in [0.3, 0.4) is 0 Å². The van der Waals surface area contributed by atoms with E-state index in [0.717, 1.165) is 16.1 Å². The summed E-state index contributed by atoms with van der Waals surface area (Å²) in [6.07, 6.45) is 1.40. The number of methoxy groups -OCH3 is 1. The number of benzene rings is 3. The van der Waals surface area contributed by atoms with Crippen molar-refractivity contribution in [3.8, 4) is 17.2 Å². The van der Waals surface area contributed by atoms with E-state index in [9.17, 15) is 18.0 Å². The Bertz CT molecular complexity index is 1330. The van der Waals surface area contributed by atoms with E-state index in [1.54, 1.807) is 50.4 Å². The van der Waals surface area contributed by atoms with Crippen molar-refractivity contribution in [3.63, 3.8) is 0 Å². The third-order valence-corrected chi connectivity index (χ3v) is 7.17. The summed E-state index contributed by atoms with van der Waals surface area (Å²) in [5, 5.41) is 2.78. The highest BCUT2D eigenvalue weighted by atomic mass is 32.2. The van der Waals surface area contributed by atoms with Crippen molar-refractivity contribution in [2.75, 3.05) is 30.8 Å². The van der Waals surface area contributed by atoms with Gasteiger partial charge in [-0.2, -0.15) is 0 Å². The lowest BCUT2D eigenvalue weighted by atomic mass is 10.1. The van der Waals surface area contributed by atoms with Crippen molar-refractivity contribution in [2.45, 2.75) is 32.9 Å². The Labute approximate surface area is 230 Å². The fraction of sp³-hybridized carbons (Fsp3) is 0.310. The molecule has 3 aromatic rings. The molecule has 0 spiro atoms. The van der Waals surface area contributed by atoms with Crippen LogP contribution in [0, 0.1) is 0 Å². The van der Waals surface area contributed by atoms with E-state index in [-0.39, 0.29) is 12.5 Å². The van der Waals surface area contributed by atoms with Gasteiger partial charge in [-0.3, -0.25) is 13.9 Å². The van der Waals surface area contributed by atoms with Gasteiger partial charge in [0.15, 0.2) is 0 Å². The highest BCUT2D eigenvalue weighted by molar-refractivity contribution is 7.92. The number of amides is 2. The number of carbonyl (C=O) groups is 2. The first kappa shape index (κ1) is 29.5. The minimum absolute atomic E-state index is 0.125. The molecule has 1 N–H and O–H groups in total. The number of ether oxygens (including phenoxy) is 2. The lowest BCUT2D eigenvalue weighted by Gasteiger charge is -2.32. The number of hydrogen-bond acceptors (Lipinski definition) is 6. The van der Waals surface area contributed by atoms with E-state index >= 15 is 0 Å². The van der Waals surface area contributed by atoms with Gasteiger partial charge in [0, 0.05) is 13.1 Å². The normalized spacial score (nSPS) is 11.8. The maximum Gasteiger partial charge on any atom is 0.244 e. The van der Waals surface area contributed by atoms with E-state index in [0.29, 0.717) is 35.9 Å². The lowest BCUT2D eigenvalue weighted by Crippen LogP contribution is -2.52. The number of rotatable bonds is 13. The monoisotopic (exact) mass is 553 g/mol. The molecule has 0 aliphatic rings. The summed E-state index contributed by atoms with van der Waals surface area (Å²) in [4.78, 5) is 28.0. The molecular formula is C29H35N3O6S. The highest BCUT2D eigenvalue weighted by Crippen LogP contribution is 2.26. The Hall–Kier alpha value is -4.05. The average Bonchev–Trinajstić information content (AvgIpc) is 2.92. The van der Waals surface area contributed by atoms with Crippen LogP contribution in [0.5, 0.6) is 17.2 Å². The molecule has 0 fully saturated rings. The van der Waals surface area contributed by atoms with E-state index in [4.69, 9.17) is 9.47 Å². The Morgan fingerprint density at radius 3 is 2.00 bits per heavy atom. The molecule has 0 radical (unpaired) electrons. The molecule has 10 heteroatoms. The summed E-state index contributed by atoms with van der Waals surface area (Å²) in [5.41, 5.74) is 1.09. The molecule has 0 aliphatic heterocycles. The fourth-order valence-electron chi connectivity index (χ4n) is 4.06. The van der Waals surface area contributed by atoms with Crippen LogP contribution >= 0.6 is 0 Å². The van der Waals surface area contributed by atoms with Crippen LogP contribution in [0.4, 0.5) is 5.69 Å². The van der Waals surface area contributed by atoms with E-state index in [1.807, 2.05) is 49.4 Å². The molecule has 0 saturated carbocycles. The Morgan fingerprint density at radius 1 is 0.872 bits per heavy atom. The smallest absolute Gasteiger partial charge is 0.244 e. The number of likely N-dealkylation sites (N-methyl/N-ethyl adjacent to an activating group) is 1. The molecule has 39 heavy (non-hydrogen) atoms. The minimum Gasteiger partial charge on any atom is -0.497 e. The van der Waals surface area contributed by atoms with Gasteiger partial charge >= 0.3 is 0 Å². The van der Waals surface area contributed by atoms with Gasteiger partial charge in [0.25, 0.3) is 0 Å². The first-order chi connectivity index (χ1) is 18.7. The number of nitrogens with one attached hydrogen (secondary N) is 1. The van der Waals surface area contributed by atoms with Crippen molar-refractivity contribution >= 4 is 27.5 Å². The first-order valence-electron chi connectivity index (χ1n) is 12.7. The third-order valence-electron chi connectivity index (χ3n) is 6.03. The van der Waals surface area contributed by atoms with Gasteiger partial charge in [0.1, 0.15) is 29.8 Å². The van der Waals surface area contributed by atoms with E-state index in [2.05, 4.69) is 5.32 Å². The van der Waals surface area contributed by atoms with Crippen molar-refractivity contribution in [3.05, 3.63) is 84.4 Å². The standard InChI is InChI=1S/C29H35N3O6S/c1-5-27(29(34)30-6-2)31(20-22-12-16-24(37-3)17-13-22)28(33)21-32(39(4,35)36)23-14-18-26(19-15-23)38-25-10-8-7-9-11-25/h7-19,27H,5-6,20-21H2,1-4H3,(H,30,34). The summed E-state index contributed by atoms with van der Waals surface area (Å²) in [6.45, 7) is 3.68.